The number of fused-ring (bicyclic) bond motifs is 1. The van der Waals surface area contributed by atoms with E-state index in [1.165, 1.54) is 16.8 Å². The molecule has 1 atom stereocenters. The Morgan fingerprint density at radius 3 is 2.88 bits per heavy atom. The minimum Gasteiger partial charge on any atom is -0.352 e. The summed E-state index contributed by atoms with van der Waals surface area (Å²) >= 11 is 0. The molecule has 0 unspecified atom stereocenters. The molecule has 0 aromatic carbocycles. The van der Waals surface area contributed by atoms with Crippen molar-refractivity contribution in [1.82, 2.24) is 24.4 Å². The van der Waals surface area contributed by atoms with Crippen molar-refractivity contribution in [3.8, 4) is 0 Å². The molecule has 128 valence electrons. The first-order valence-electron chi connectivity index (χ1n) is 7.57. The Labute approximate surface area is 140 Å². The van der Waals surface area contributed by atoms with Crippen molar-refractivity contribution in [3.05, 3.63) is 48.0 Å². The highest BCUT2D eigenvalue weighted by molar-refractivity contribution is 7.88. The molecule has 1 amide bonds. The summed E-state index contributed by atoms with van der Waals surface area (Å²) in [7, 11) is -3.32. The Hall–Kier alpha value is -2.26. The smallest absolute Gasteiger partial charge is 0.252 e. The van der Waals surface area contributed by atoms with Crippen LogP contribution in [0.15, 0.2) is 36.8 Å². The molecular weight excluding hydrogens is 330 g/mol. The first kappa shape index (κ1) is 16.6. The summed E-state index contributed by atoms with van der Waals surface area (Å²) < 4.78 is 27.2. The molecule has 24 heavy (non-hydrogen) atoms. The van der Waals surface area contributed by atoms with Gasteiger partial charge in [0.15, 0.2) is 0 Å². The van der Waals surface area contributed by atoms with Gasteiger partial charge in [-0.1, -0.05) is 0 Å². The van der Waals surface area contributed by atoms with Gasteiger partial charge in [-0.05, 0) is 18.2 Å². The van der Waals surface area contributed by atoms with E-state index in [0.717, 1.165) is 5.69 Å². The van der Waals surface area contributed by atoms with Crippen LogP contribution in [0.5, 0.6) is 0 Å². The molecule has 3 rings (SSSR count). The van der Waals surface area contributed by atoms with Crippen molar-refractivity contribution < 1.29 is 13.2 Å². The molecule has 3 heterocycles. The number of sulfonamides is 1. The number of carbonyl (C=O) groups excluding carboxylic acids is 1. The highest BCUT2D eigenvalue weighted by atomic mass is 32.2. The van der Waals surface area contributed by atoms with E-state index < -0.39 is 10.0 Å². The molecule has 0 radical (unpaired) electrons. The van der Waals surface area contributed by atoms with Gasteiger partial charge in [0.1, 0.15) is 0 Å². The van der Waals surface area contributed by atoms with E-state index in [1.54, 1.807) is 29.2 Å². The zero-order valence-electron chi connectivity index (χ0n) is 13.3. The molecule has 0 saturated carbocycles. The first-order chi connectivity index (χ1) is 11.4. The molecular formula is C15H19N5O3S. The van der Waals surface area contributed by atoms with Gasteiger partial charge in [-0.3, -0.25) is 14.5 Å². The molecule has 1 N–H and O–H groups in total. The van der Waals surface area contributed by atoms with E-state index in [1.807, 2.05) is 6.07 Å². The van der Waals surface area contributed by atoms with Crippen LogP contribution >= 0.6 is 0 Å². The summed E-state index contributed by atoms with van der Waals surface area (Å²) in [5.74, 6) is -0.291. The molecule has 0 aliphatic carbocycles. The summed E-state index contributed by atoms with van der Waals surface area (Å²) in [6, 6.07) is 5.20. The standard InChI is InChI=1S/C15H19N5O3S/c1-24(22,23)19-9-12(10-20-14(11-19)4-6-18-20)7-17-15(21)13-3-2-5-16-8-13/h2-6,8,12H,7,9-11H2,1H3,(H,17,21)/t12-/m1/s1. The van der Waals surface area contributed by atoms with Gasteiger partial charge in [0.05, 0.1) is 24.1 Å². The molecule has 2 aromatic rings. The maximum absolute atomic E-state index is 12.1. The molecule has 8 nitrogen and oxygen atoms in total. The van der Waals surface area contributed by atoms with Crippen LogP contribution < -0.4 is 5.32 Å². The Morgan fingerprint density at radius 1 is 1.33 bits per heavy atom. The number of hydrogen-bond acceptors (Lipinski definition) is 5. The zero-order chi connectivity index (χ0) is 17.2. The fourth-order valence-electron chi connectivity index (χ4n) is 2.71. The molecule has 9 heteroatoms. The topological polar surface area (TPSA) is 97.2 Å². The van der Waals surface area contributed by atoms with Gasteiger partial charge in [0, 0.05) is 44.1 Å². The van der Waals surface area contributed by atoms with Gasteiger partial charge in [0.2, 0.25) is 10.0 Å². The Bertz CT molecular complexity index is 819. The van der Waals surface area contributed by atoms with Crippen LogP contribution in [0.2, 0.25) is 0 Å². The number of hydrogen-bond donors (Lipinski definition) is 1. The zero-order valence-corrected chi connectivity index (χ0v) is 14.1. The van der Waals surface area contributed by atoms with Crippen LogP contribution in [-0.2, 0) is 23.1 Å². The summed E-state index contributed by atoms with van der Waals surface area (Å²) in [5, 5.41) is 7.09. The third-order valence-corrected chi connectivity index (χ3v) is 5.20. The van der Waals surface area contributed by atoms with Gasteiger partial charge in [-0.25, -0.2) is 8.42 Å². The Morgan fingerprint density at radius 2 is 2.17 bits per heavy atom. The van der Waals surface area contributed by atoms with Gasteiger partial charge in [-0.2, -0.15) is 9.40 Å². The molecule has 0 spiro atoms. The van der Waals surface area contributed by atoms with Gasteiger partial charge in [-0.15, -0.1) is 0 Å². The van der Waals surface area contributed by atoms with Crippen molar-refractivity contribution in [1.29, 1.82) is 0 Å². The number of aromatic nitrogens is 3. The maximum Gasteiger partial charge on any atom is 0.252 e. The maximum atomic E-state index is 12.1. The van der Waals surface area contributed by atoms with E-state index in [0.29, 0.717) is 31.7 Å². The largest absolute Gasteiger partial charge is 0.352 e. The predicted octanol–water partition coefficient (Wildman–Crippen LogP) is 0.0995. The van der Waals surface area contributed by atoms with Gasteiger partial charge >= 0.3 is 0 Å². The lowest BCUT2D eigenvalue weighted by Gasteiger charge is -2.22. The molecule has 1 aliphatic heterocycles. The highest BCUT2D eigenvalue weighted by Gasteiger charge is 2.27. The van der Waals surface area contributed by atoms with Crippen LogP contribution in [0.25, 0.3) is 0 Å². The number of nitrogens with zero attached hydrogens (tertiary/aromatic N) is 4. The SMILES string of the molecule is CS(=O)(=O)N1Cc2ccnn2C[C@H](CNC(=O)c2cccnc2)C1. The molecule has 0 bridgehead atoms. The Balaban J connectivity index is 1.71. The lowest BCUT2D eigenvalue weighted by Crippen LogP contribution is -2.38. The summed E-state index contributed by atoms with van der Waals surface area (Å²) in [6.07, 6.45) is 5.96. The Kier molecular flexibility index (Phi) is 4.63. The molecule has 2 aromatic heterocycles. The lowest BCUT2D eigenvalue weighted by molar-refractivity contribution is 0.0944. The normalized spacial score (nSPS) is 18.6. The number of carbonyl (C=O) groups is 1. The number of rotatable bonds is 4. The molecule has 0 saturated heterocycles. The van der Waals surface area contributed by atoms with Crippen LogP contribution in [-0.4, -0.2) is 52.7 Å². The van der Waals surface area contributed by atoms with Crippen LogP contribution in [0.4, 0.5) is 0 Å². The van der Waals surface area contributed by atoms with E-state index >= 15 is 0 Å². The van der Waals surface area contributed by atoms with Crippen molar-refractivity contribution in [3.63, 3.8) is 0 Å². The van der Waals surface area contributed by atoms with Crippen molar-refractivity contribution in [2.45, 2.75) is 13.1 Å². The average molecular weight is 349 g/mol. The van der Waals surface area contributed by atoms with Crippen LogP contribution in [0, 0.1) is 5.92 Å². The fourth-order valence-corrected chi connectivity index (χ4v) is 3.56. The number of nitrogens with one attached hydrogen (secondary N) is 1. The fraction of sp³-hybridized carbons (Fsp3) is 0.400. The molecule has 0 fully saturated rings. The summed E-state index contributed by atoms with van der Waals surface area (Å²) in [4.78, 5) is 16.1. The minimum atomic E-state index is -3.32. The van der Waals surface area contributed by atoms with Crippen molar-refractivity contribution >= 4 is 15.9 Å². The minimum absolute atomic E-state index is 0.0681. The quantitative estimate of drug-likeness (QED) is 0.844. The van der Waals surface area contributed by atoms with E-state index in [2.05, 4.69) is 15.4 Å². The molecule has 1 aliphatic rings. The number of amides is 1. The van der Waals surface area contributed by atoms with Crippen molar-refractivity contribution in [2.24, 2.45) is 5.92 Å². The van der Waals surface area contributed by atoms with E-state index in [-0.39, 0.29) is 11.8 Å². The predicted molar refractivity (Wildman–Crippen MR) is 87.5 cm³/mol. The summed E-state index contributed by atoms with van der Waals surface area (Å²) in [5.41, 5.74) is 1.33. The second-order valence-electron chi connectivity index (χ2n) is 5.88. The second kappa shape index (κ2) is 6.70. The van der Waals surface area contributed by atoms with Gasteiger partial charge < -0.3 is 5.32 Å². The second-order valence-corrected chi connectivity index (χ2v) is 7.86. The monoisotopic (exact) mass is 349 g/mol. The lowest BCUT2D eigenvalue weighted by atomic mass is 10.1. The average Bonchev–Trinajstić information content (AvgIpc) is 2.90. The van der Waals surface area contributed by atoms with E-state index in [9.17, 15) is 13.2 Å². The van der Waals surface area contributed by atoms with Crippen molar-refractivity contribution in [2.75, 3.05) is 19.3 Å². The third-order valence-electron chi connectivity index (χ3n) is 3.98. The van der Waals surface area contributed by atoms with Crippen LogP contribution in [0.1, 0.15) is 16.1 Å². The van der Waals surface area contributed by atoms with Gasteiger partial charge in [0.25, 0.3) is 5.91 Å². The van der Waals surface area contributed by atoms with Crippen LogP contribution in [0.3, 0.4) is 0 Å². The number of pyridine rings is 1. The first-order valence-corrected chi connectivity index (χ1v) is 9.42. The highest BCUT2D eigenvalue weighted by Crippen LogP contribution is 2.17. The summed E-state index contributed by atoms with van der Waals surface area (Å²) in [6.45, 7) is 1.56. The van der Waals surface area contributed by atoms with E-state index in [4.69, 9.17) is 0 Å². The third kappa shape index (κ3) is 3.80.